The summed E-state index contributed by atoms with van der Waals surface area (Å²) in [6.07, 6.45) is -1.91. The fourth-order valence-electron chi connectivity index (χ4n) is 4.41. The molecule has 202 valence electrons. The first-order valence-corrected chi connectivity index (χ1v) is 12.4. The number of nitrogens with zero attached hydrogens (tertiary/aromatic N) is 5. The van der Waals surface area contributed by atoms with Gasteiger partial charge in [-0.2, -0.15) is 22.9 Å². The van der Waals surface area contributed by atoms with Crippen LogP contribution in [0.1, 0.15) is 63.2 Å². The number of hydrogen-bond acceptors (Lipinski definition) is 8. The maximum Gasteiger partial charge on any atom is 0.453 e. The molecule has 2 aliphatic heterocycles. The molecule has 0 radical (unpaired) electrons. The van der Waals surface area contributed by atoms with Crippen molar-refractivity contribution >= 4 is 11.8 Å². The Kier molecular flexibility index (Phi) is 8.05. The Labute approximate surface area is 213 Å². The van der Waals surface area contributed by atoms with Crippen LogP contribution in [0.25, 0.3) is 0 Å². The van der Waals surface area contributed by atoms with Crippen LogP contribution in [-0.4, -0.2) is 70.1 Å². The van der Waals surface area contributed by atoms with Gasteiger partial charge in [0.25, 0.3) is 5.82 Å². The molecule has 1 fully saturated rings. The Balaban J connectivity index is 1.22. The molecule has 12 heteroatoms. The lowest BCUT2D eigenvalue weighted by Gasteiger charge is -2.35. The molecule has 0 amide bonds. The zero-order chi connectivity index (χ0) is 26.6. The second kappa shape index (κ2) is 11.1. The number of aromatic nitrogens is 3. The summed E-state index contributed by atoms with van der Waals surface area (Å²) in [6, 6.07) is 7.89. The maximum atomic E-state index is 13.2. The van der Waals surface area contributed by atoms with E-state index in [2.05, 4.69) is 20.2 Å². The van der Waals surface area contributed by atoms with E-state index in [1.807, 2.05) is 24.3 Å². The van der Waals surface area contributed by atoms with Crippen LogP contribution in [0.4, 0.5) is 13.2 Å². The number of aryl methyl sites for hydroxylation is 1. The number of benzene rings is 1. The summed E-state index contributed by atoms with van der Waals surface area (Å²) in [5.74, 6) is 0.461. The van der Waals surface area contributed by atoms with Gasteiger partial charge in [-0.15, -0.1) is 10.2 Å². The van der Waals surface area contributed by atoms with E-state index in [4.69, 9.17) is 14.2 Å². The normalized spacial score (nSPS) is 16.8. The molecule has 2 aromatic rings. The van der Waals surface area contributed by atoms with Crippen molar-refractivity contribution in [3.8, 4) is 5.75 Å². The van der Waals surface area contributed by atoms with E-state index in [0.717, 1.165) is 30.6 Å². The average Bonchev–Trinajstić information content (AvgIpc) is 3.27. The molecule has 2 aliphatic rings. The molecule has 1 saturated heterocycles. The fraction of sp³-hybridized carbons (Fsp3) is 0.600. The van der Waals surface area contributed by atoms with Crippen molar-refractivity contribution in [2.24, 2.45) is 5.10 Å². The van der Waals surface area contributed by atoms with Crippen LogP contribution in [0.2, 0.25) is 0 Å². The zero-order valence-electron chi connectivity index (χ0n) is 21.3. The summed E-state index contributed by atoms with van der Waals surface area (Å²) in [7, 11) is 0. The van der Waals surface area contributed by atoms with Gasteiger partial charge in [0.05, 0.1) is 6.61 Å². The first kappa shape index (κ1) is 26.9. The number of likely N-dealkylation sites (tertiary alicyclic amines) is 1. The predicted octanol–water partition coefficient (Wildman–Crippen LogP) is 4.02. The number of amidine groups is 1. The third-order valence-corrected chi connectivity index (χ3v) is 6.09. The Morgan fingerprint density at radius 2 is 1.73 bits per heavy atom. The molecular formula is C25H32F3N5O4. The zero-order valence-corrected chi connectivity index (χ0v) is 21.3. The molecule has 3 heterocycles. The van der Waals surface area contributed by atoms with E-state index >= 15 is 0 Å². The maximum absolute atomic E-state index is 13.2. The number of piperidine rings is 1. The van der Waals surface area contributed by atoms with Gasteiger partial charge in [0.1, 0.15) is 30.4 Å². The highest BCUT2D eigenvalue weighted by Crippen LogP contribution is 2.32. The molecular weight excluding hydrogens is 491 g/mol. The lowest BCUT2D eigenvalue weighted by Crippen LogP contribution is -2.40. The van der Waals surface area contributed by atoms with E-state index in [-0.39, 0.29) is 19.0 Å². The number of ether oxygens (including phenoxy) is 3. The highest BCUT2D eigenvalue weighted by atomic mass is 19.4. The van der Waals surface area contributed by atoms with Crippen molar-refractivity contribution in [2.45, 2.75) is 64.1 Å². The lowest BCUT2D eigenvalue weighted by atomic mass is 9.89. The number of fused-ring (bicyclic) bond motifs is 1. The second-order valence-electron chi connectivity index (χ2n) is 10.1. The summed E-state index contributed by atoms with van der Waals surface area (Å²) in [5, 5.41) is 11.2. The van der Waals surface area contributed by atoms with Gasteiger partial charge < -0.3 is 19.1 Å². The minimum Gasteiger partial charge on any atom is -0.491 e. The van der Waals surface area contributed by atoms with E-state index in [9.17, 15) is 18.0 Å². The lowest BCUT2D eigenvalue weighted by molar-refractivity contribution is -0.160. The summed E-state index contributed by atoms with van der Waals surface area (Å²) in [5.41, 5.74) is 0.654. The number of esters is 1. The van der Waals surface area contributed by atoms with Crippen molar-refractivity contribution in [3.63, 3.8) is 0 Å². The molecule has 0 saturated carbocycles. The van der Waals surface area contributed by atoms with Gasteiger partial charge >= 0.3 is 12.1 Å². The number of hydrogen-bond donors (Lipinski definition) is 0. The van der Waals surface area contributed by atoms with Crippen molar-refractivity contribution in [1.29, 1.82) is 0 Å². The van der Waals surface area contributed by atoms with Gasteiger partial charge in [-0.25, -0.2) is 4.79 Å². The van der Waals surface area contributed by atoms with Crippen LogP contribution < -0.4 is 4.74 Å². The number of carbonyl (C=O) groups excluding carboxylic acids is 1. The number of alkyl halides is 3. The van der Waals surface area contributed by atoms with Gasteiger partial charge in [-0.1, -0.05) is 12.1 Å². The average molecular weight is 524 g/mol. The van der Waals surface area contributed by atoms with Crippen LogP contribution in [0.5, 0.6) is 5.75 Å². The second-order valence-corrected chi connectivity index (χ2v) is 10.1. The van der Waals surface area contributed by atoms with E-state index < -0.39 is 23.6 Å². The highest BCUT2D eigenvalue weighted by molar-refractivity contribution is 5.83. The summed E-state index contributed by atoms with van der Waals surface area (Å²) in [6.45, 7) is 7.31. The molecule has 0 bridgehead atoms. The van der Waals surface area contributed by atoms with Crippen molar-refractivity contribution < 1.29 is 32.2 Å². The first-order chi connectivity index (χ1) is 17.5. The number of carbonyl (C=O) groups is 1. The predicted molar refractivity (Wildman–Crippen MR) is 128 cm³/mol. The van der Waals surface area contributed by atoms with Crippen LogP contribution in [0.3, 0.4) is 0 Å². The molecule has 37 heavy (non-hydrogen) atoms. The minimum atomic E-state index is -4.59. The molecule has 1 aromatic heterocycles. The fourth-order valence-corrected chi connectivity index (χ4v) is 4.41. The van der Waals surface area contributed by atoms with Gasteiger partial charge in [-0.05, 0) is 57.2 Å². The van der Waals surface area contributed by atoms with Gasteiger partial charge in [0, 0.05) is 25.9 Å². The van der Waals surface area contributed by atoms with Gasteiger partial charge in [0.2, 0.25) is 0 Å². The number of rotatable bonds is 7. The quantitative estimate of drug-likeness (QED) is 0.400. The molecule has 0 atom stereocenters. The van der Waals surface area contributed by atoms with Crippen molar-refractivity contribution in [1.82, 2.24) is 19.8 Å². The summed E-state index contributed by atoms with van der Waals surface area (Å²) < 4.78 is 56.6. The van der Waals surface area contributed by atoms with Crippen LogP contribution in [0.15, 0.2) is 29.4 Å². The summed E-state index contributed by atoms with van der Waals surface area (Å²) >= 11 is 0. The Bertz CT molecular complexity index is 1100. The molecule has 0 spiro atoms. The van der Waals surface area contributed by atoms with E-state index in [0.29, 0.717) is 37.0 Å². The minimum absolute atomic E-state index is 0.117. The third-order valence-electron chi connectivity index (χ3n) is 6.09. The molecule has 9 nitrogen and oxygen atoms in total. The Morgan fingerprint density at radius 1 is 1.03 bits per heavy atom. The molecule has 4 rings (SSSR count). The molecule has 0 N–H and O–H groups in total. The van der Waals surface area contributed by atoms with Crippen LogP contribution in [-0.2, 0) is 26.9 Å². The van der Waals surface area contributed by atoms with Crippen molar-refractivity contribution in [3.05, 3.63) is 41.5 Å². The molecule has 0 unspecified atom stereocenters. The number of halogens is 3. The topological polar surface area (TPSA) is 91.1 Å². The largest absolute Gasteiger partial charge is 0.491 e. The van der Waals surface area contributed by atoms with Crippen LogP contribution >= 0.6 is 0 Å². The SMILES string of the molecule is CC(C)(C)OC(=O)COCCOc1ccc(C2CCN(C3=Nn4c(nnc4C(F)(F)F)CC3)CC2)cc1. The molecule has 0 aliphatic carbocycles. The van der Waals surface area contributed by atoms with Gasteiger partial charge in [-0.3, -0.25) is 0 Å². The van der Waals surface area contributed by atoms with Crippen LogP contribution in [0, 0.1) is 0 Å². The summed E-state index contributed by atoms with van der Waals surface area (Å²) in [4.78, 5) is 13.7. The smallest absolute Gasteiger partial charge is 0.453 e. The van der Waals surface area contributed by atoms with Gasteiger partial charge in [0.15, 0.2) is 5.82 Å². The van der Waals surface area contributed by atoms with E-state index in [1.54, 1.807) is 20.8 Å². The first-order valence-electron chi connectivity index (χ1n) is 12.4. The molecule has 1 aromatic carbocycles. The standard InChI is InChI=1S/C25H32F3N5O4/c1-24(2,3)37-22(34)16-35-14-15-36-19-6-4-17(5-7-19)18-10-12-32(13-11-18)21-9-8-20-29-30-23(25(26,27)28)33(20)31-21/h4-7,18H,8-16H2,1-3H3. The van der Waals surface area contributed by atoms with E-state index in [1.165, 1.54) is 5.56 Å². The monoisotopic (exact) mass is 523 g/mol. The van der Waals surface area contributed by atoms with Crippen molar-refractivity contribution in [2.75, 3.05) is 32.9 Å². The Hall–Kier alpha value is -3.15. The third kappa shape index (κ3) is 7.21. The Morgan fingerprint density at radius 3 is 2.38 bits per heavy atom. The highest BCUT2D eigenvalue weighted by Gasteiger charge is 2.40.